The lowest BCUT2D eigenvalue weighted by molar-refractivity contribution is 0.204. The lowest BCUT2D eigenvalue weighted by Crippen LogP contribution is -2.28. The zero-order valence-electron chi connectivity index (χ0n) is 10.4. The van der Waals surface area contributed by atoms with Crippen molar-refractivity contribution in [3.8, 4) is 0 Å². The van der Waals surface area contributed by atoms with E-state index in [1.54, 1.807) is 12.1 Å². The van der Waals surface area contributed by atoms with E-state index >= 15 is 0 Å². The van der Waals surface area contributed by atoms with E-state index in [9.17, 15) is 8.42 Å². The maximum absolute atomic E-state index is 11.9. The van der Waals surface area contributed by atoms with Crippen LogP contribution in [-0.4, -0.2) is 43.9 Å². The minimum Gasteiger partial charge on any atom is -0.394 e. The van der Waals surface area contributed by atoms with Crippen LogP contribution in [0.3, 0.4) is 0 Å². The summed E-state index contributed by atoms with van der Waals surface area (Å²) < 4.78 is 26.4. The SMILES string of the molecule is O=S(=O)(NC1CC1)c1ccc(NC(CO)CO)cc1. The van der Waals surface area contributed by atoms with Crippen LogP contribution in [0, 0.1) is 0 Å². The van der Waals surface area contributed by atoms with Crippen molar-refractivity contribution in [2.45, 2.75) is 29.8 Å². The van der Waals surface area contributed by atoms with Crippen LogP contribution in [0.4, 0.5) is 5.69 Å². The largest absolute Gasteiger partial charge is 0.394 e. The second kappa shape index (κ2) is 5.87. The summed E-state index contributed by atoms with van der Waals surface area (Å²) in [5.74, 6) is 0. The molecule has 4 N–H and O–H groups in total. The molecule has 7 heteroatoms. The Labute approximate surface area is 112 Å². The van der Waals surface area contributed by atoms with Gasteiger partial charge in [0.25, 0.3) is 0 Å². The van der Waals surface area contributed by atoms with E-state index in [1.807, 2.05) is 0 Å². The topological polar surface area (TPSA) is 98.7 Å². The fourth-order valence-corrected chi connectivity index (χ4v) is 2.91. The number of hydrogen-bond acceptors (Lipinski definition) is 5. The third kappa shape index (κ3) is 3.90. The monoisotopic (exact) mass is 286 g/mol. The molecule has 2 rings (SSSR count). The number of benzene rings is 1. The Morgan fingerprint density at radius 1 is 1.16 bits per heavy atom. The molecule has 1 saturated carbocycles. The molecule has 0 radical (unpaired) electrons. The summed E-state index contributed by atoms with van der Waals surface area (Å²) in [5.41, 5.74) is 0.651. The second-order valence-electron chi connectivity index (χ2n) is 4.63. The molecule has 6 nitrogen and oxygen atoms in total. The molecule has 19 heavy (non-hydrogen) atoms. The normalized spacial score (nSPS) is 15.7. The average Bonchev–Trinajstić information content (AvgIpc) is 3.19. The van der Waals surface area contributed by atoms with Crippen LogP contribution >= 0.6 is 0 Å². The highest BCUT2D eigenvalue weighted by Crippen LogP contribution is 2.22. The quantitative estimate of drug-likeness (QED) is 0.561. The maximum Gasteiger partial charge on any atom is 0.240 e. The Kier molecular flexibility index (Phi) is 4.41. The zero-order chi connectivity index (χ0) is 13.9. The van der Waals surface area contributed by atoms with Crippen LogP contribution in [0.2, 0.25) is 0 Å². The molecule has 0 atom stereocenters. The van der Waals surface area contributed by atoms with Gasteiger partial charge in [0.05, 0.1) is 24.2 Å². The third-order valence-electron chi connectivity index (χ3n) is 2.88. The van der Waals surface area contributed by atoms with Gasteiger partial charge in [-0.15, -0.1) is 0 Å². The molecule has 0 amide bonds. The van der Waals surface area contributed by atoms with Crippen molar-refractivity contribution in [3.63, 3.8) is 0 Å². The highest BCUT2D eigenvalue weighted by atomic mass is 32.2. The zero-order valence-corrected chi connectivity index (χ0v) is 11.2. The summed E-state index contributed by atoms with van der Waals surface area (Å²) in [6, 6.07) is 5.85. The van der Waals surface area contributed by atoms with E-state index in [0.717, 1.165) is 12.8 Å². The molecule has 0 spiro atoms. The average molecular weight is 286 g/mol. The fourth-order valence-electron chi connectivity index (χ4n) is 1.60. The van der Waals surface area contributed by atoms with E-state index in [1.165, 1.54) is 12.1 Å². The van der Waals surface area contributed by atoms with Crippen molar-refractivity contribution in [3.05, 3.63) is 24.3 Å². The van der Waals surface area contributed by atoms with Crippen molar-refractivity contribution in [1.29, 1.82) is 0 Å². The predicted octanol–water partition coefficient (Wildman–Crippen LogP) is -0.108. The number of sulfonamides is 1. The molecule has 1 aliphatic carbocycles. The van der Waals surface area contributed by atoms with Crippen LogP contribution in [-0.2, 0) is 10.0 Å². The minimum atomic E-state index is -3.43. The first-order chi connectivity index (χ1) is 9.05. The molecule has 0 aromatic heterocycles. The van der Waals surface area contributed by atoms with Crippen LogP contribution in [0.25, 0.3) is 0 Å². The van der Waals surface area contributed by atoms with E-state index in [4.69, 9.17) is 10.2 Å². The van der Waals surface area contributed by atoms with Gasteiger partial charge in [-0.2, -0.15) is 0 Å². The number of nitrogens with one attached hydrogen (secondary N) is 2. The first-order valence-corrected chi connectivity index (χ1v) is 7.64. The van der Waals surface area contributed by atoms with E-state index in [-0.39, 0.29) is 24.2 Å². The maximum atomic E-state index is 11.9. The molecule has 0 heterocycles. The number of rotatable bonds is 7. The molecule has 1 fully saturated rings. The van der Waals surface area contributed by atoms with E-state index in [0.29, 0.717) is 5.69 Å². The van der Waals surface area contributed by atoms with E-state index < -0.39 is 16.1 Å². The second-order valence-corrected chi connectivity index (χ2v) is 6.34. The molecular weight excluding hydrogens is 268 g/mol. The van der Waals surface area contributed by atoms with Crippen molar-refractivity contribution in [2.75, 3.05) is 18.5 Å². The third-order valence-corrected chi connectivity index (χ3v) is 4.41. The Hall–Kier alpha value is -1.15. The summed E-state index contributed by atoms with van der Waals surface area (Å²) >= 11 is 0. The molecule has 0 bridgehead atoms. The van der Waals surface area contributed by atoms with Crippen LogP contribution < -0.4 is 10.0 Å². The summed E-state index contributed by atoms with van der Waals surface area (Å²) in [4.78, 5) is 0.217. The van der Waals surface area contributed by atoms with Gasteiger partial charge < -0.3 is 15.5 Å². The summed E-state index contributed by atoms with van der Waals surface area (Å²) in [6.07, 6.45) is 1.79. The number of anilines is 1. The summed E-state index contributed by atoms with van der Waals surface area (Å²) in [7, 11) is -3.43. The Balaban J connectivity index is 2.05. The molecule has 1 aromatic rings. The highest BCUT2D eigenvalue weighted by molar-refractivity contribution is 7.89. The van der Waals surface area contributed by atoms with Crippen molar-refractivity contribution in [2.24, 2.45) is 0 Å². The van der Waals surface area contributed by atoms with Crippen LogP contribution in [0.5, 0.6) is 0 Å². The molecule has 1 aromatic carbocycles. The molecule has 106 valence electrons. The smallest absolute Gasteiger partial charge is 0.240 e. The standard InChI is InChI=1S/C12H18N2O4S/c15-7-11(8-16)13-9-3-5-12(6-4-9)19(17,18)14-10-1-2-10/h3-6,10-11,13-16H,1-2,7-8H2. The molecule has 1 aliphatic rings. The van der Waals surface area contributed by atoms with Gasteiger partial charge in [-0.1, -0.05) is 0 Å². The Morgan fingerprint density at radius 2 is 1.74 bits per heavy atom. The van der Waals surface area contributed by atoms with Gasteiger partial charge in [-0.25, -0.2) is 13.1 Å². The molecule has 0 unspecified atom stereocenters. The summed E-state index contributed by atoms with van der Waals surface area (Å²) in [5, 5.41) is 20.8. The first-order valence-electron chi connectivity index (χ1n) is 6.16. The summed E-state index contributed by atoms with van der Waals surface area (Å²) in [6.45, 7) is -0.389. The van der Waals surface area contributed by atoms with Crippen LogP contribution in [0.1, 0.15) is 12.8 Å². The van der Waals surface area contributed by atoms with Gasteiger partial charge in [-0.05, 0) is 37.1 Å². The minimum absolute atomic E-state index is 0.0796. The molecule has 0 aliphatic heterocycles. The van der Waals surface area contributed by atoms with Gasteiger partial charge in [0.15, 0.2) is 0 Å². The van der Waals surface area contributed by atoms with Gasteiger partial charge in [-0.3, -0.25) is 0 Å². The Bertz CT molecular complexity index is 507. The van der Waals surface area contributed by atoms with Crippen molar-refractivity contribution in [1.82, 2.24) is 4.72 Å². The number of aliphatic hydroxyl groups excluding tert-OH is 2. The Morgan fingerprint density at radius 3 is 2.21 bits per heavy atom. The van der Waals surface area contributed by atoms with Gasteiger partial charge in [0.1, 0.15) is 0 Å². The highest BCUT2D eigenvalue weighted by Gasteiger charge is 2.27. The fraction of sp³-hybridized carbons (Fsp3) is 0.500. The van der Waals surface area contributed by atoms with Gasteiger partial charge in [0.2, 0.25) is 10.0 Å². The van der Waals surface area contributed by atoms with Crippen molar-refractivity contribution >= 4 is 15.7 Å². The van der Waals surface area contributed by atoms with Crippen LogP contribution in [0.15, 0.2) is 29.2 Å². The number of aliphatic hydroxyl groups is 2. The molecular formula is C12H18N2O4S. The lowest BCUT2D eigenvalue weighted by Gasteiger charge is -2.15. The predicted molar refractivity (Wildman–Crippen MR) is 71.4 cm³/mol. The first kappa shape index (κ1) is 14.3. The molecule has 0 saturated heterocycles. The number of hydrogen-bond donors (Lipinski definition) is 4. The van der Waals surface area contributed by atoms with Gasteiger partial charge >= 0.3 is 0 Å². The van der Waals surface area contributed by atoms with Gasteiger partial charge in [0, 0.05) is 11.7 Å². The lowest BCUT2D eigenvalue weighted by atomic mass is 10.2. The van der Waals surface area contributed by atoms with Crippen molar-refractivity contribution < 1.29 is 18.6 Å². The van der Waals surface area contributed by atoms with E-state index in [2.05, 4.69) is 10.0 Å².